The smallest absolute Gasteiger partial charge is 0.251 e. The summed E-state index contributed by atoms with van der Waals surface area (Å²) in [6.07, 6.45) is 2.20. The van der Waals surface area contributed by atoms with E-state index in [4.69, 9.17) is 30.4 Å². The number of aliphatic hydroxyl groups is 1. The summed E-state index contributed by atoms with van der Waals surface area (Å²) in [7, 11) is 6.26. The van der Waals surface area contributed by atoms with E-state index in [2.05, 4.69) is 10.6 Å². The molecule has 0 spiro atoms. The molecule has 1 aliphatic carbocycles. The maximum Gasteiger partial charge on any atom is 0.251 e. The molecule has 4 unspecified atom stereocenters. The van der Waals surface area contributed by atoms with Crippen molar-refractivity contribution >= 4 is 23.1 Å². The monoisotopic (exact) mass is 660 g/mol. The van der Waals surface area contributed by atoms with E-state index < -0.39 is 30.1 Å². The van der Waals surface area contributed by atoms with Crippen molar-refractivity contribution in [3.8, 4) is 23.0 Å². The molecule has 0 saturated carbocycles. The van der Waals surface area contributed by atoms with Crippen molar-refractivity contribution in [1.29, 1.82) is 0 Å². The van der Waals surface area contributed by atoms with Gasteiger partial charge in [-0.15, -0.1) is 0 Å². The van der Waals surface area contributed by atoms with Gasteiger partial charge in [-0.05, 0) is 72.1 Å². The summed E-state index contributed by atoms with van der Waals surface area (Å²) in [6, 6.07) is 14.6. The molecule has 4 rings (SSSR count). The molecule has 3 aromatic carbocycles. The number of hydrogen-bond donors (Lipinski definition) is 5. The molecule has 11 heteroatoms. The minimum absolute atomic E-state index is 0.0761. The Morgan fingerprint density at radius 1 is 0.917 bits per heavy atom. The molecule has 258 valence electrons. The van der Waals surface area contributed by atoms with Crippen LogP contribution in [0.15, 0.2) is 60.7 Å². The first-order chi connectivity index (χ1) is 23.0. The zero-order valence-electron chi connectivity index (χ0n) is 28.5. The standard InChI is InChI=1S/C37H48N4O7/c1-21(2)16-30(41-37(44)33(42)29(39)17-22-10-8-7-9-11-22)36(43)40-24-13-14-25-27(20-32(46-4)35(48-6)34(25)47-5)26(19-24)23-12-15-31(45-3)28(38)18-23/h7-12,15,18-21,24,29-30,33,42H,13-14,16-17,38-39H2,1-6H3,(H,40,43)(H,41,44). The molecule has 3 aromatic rings. The molecule has 0 saturated heterocycles. The number of benzene rings is 3. The van der Waals surface area contributed by atoms with Crippen LogP contribution in [0.4, 0.5) is 5.69 Å². The average molecular weight is 661 g/mol. The van der Waals surface area contributed by atoms with E-state index in [9.17, 15) is 14.7 Å². The van der Waals surface area contributed by atoms with Gasteiger partial charge in [0.2, 0.25) is 11.7 Å². The maximum atomic E-state index is 13.9. The van der Waals surface area contributed by atoms with Crippen LogP contribution in [0.5, 0.6) is 23.0 Å². The first kappa shape index (κ1) is 36.1. The minimum Gasteiger partial charge on any atom is -0.495 e. The molecule has 0 heterocycles. The predicted molar refractivity (Wildman–Crippen MR) is 186 cm³/mol. The van der Waals surface area contributed by atoms with Crippen LogP contribution in [0.3, 0.4) is 0 Å². The highest BCUT2D eigenvalue weighted by Gasteiger charge is 2.31. The first-order valence-electron chi connectivity index (χ1n) is 16.1. The Morgan fingerprint density at radius 3 is 2.21 bits per heavy atom. The van der Waals surface area contributed by atoms with Gasteiger partial charge in [-0.1, -0.05) is 56.3 Å². The van der Waals surface area contributed by atoms with Crippen molar-refractivity contribution in [1.82, 2.24) is 10.6 Å². The van der Waals surface area contributed by atoms with Crippen LogP contribution in [-0.2, 0) is 22.4 Å². The number of carbonyl (C=O) groups is 2. The number of anilines is 1. The molecular formula is C37H48N4O7. The van der Waals surface area contributed by atoms with Crippen molar-refractivity contribution < 1.29 is 33.6 Å². The number of rotatable bonds is 14. The lowest BCUT2D eigenvalue weighted by Crippen LogP contribution is -2.55. The number of amides is 2. The van der Waals surface area contributed by atoms with Gasteiger partial charge in [0.1, 0.15) is 17.9 Å². The average Bonchev–Trinajstić information content (AvgIpc) is 3.25. The second kappa shape index (κ2) is 16.4. The van der Waals surface area contributed by atoms with Gasteiger partial charge < -0.3 is 46.2 Å². The number of fused-ring (bicyclic) bond motifs is 1. The Hall–Kier alpha value is -4.74. The highest BCUT2D eigenvalue weighted by atomic mass is 16.5. The van der Waals surface area contributed by atoms with E-state index in [1.54, 1.807) is 34.5 Å². The molecule has 48 heavy (non-hydrogen) atoms. The van der Waals surface area contributed by atoms with Crippen LogP contribution in [-0.4, -0.2) is 69.6 Å². The van der Waals surface area contributed by atoms with Crippen molar-refractivity contribution in [2.45, 2.75) is 63.8 Å². The van der Waals surface area contributed by atoms with Crippen LogP contribution in [0.2, 0.25) is 0 Å². The molecule has 0 aliphatic heterocycles. The van der Waals surface area contributed by atoms with Gasteiger partial charge in [0.25, 0.3) is 5.91 Å². The fourth-order valence-corrected chi connectivity index (χ4v) is 6.08. The number of carbonyl (C=O) groups excluding carboxylic acids is 2. The topological polar surface area (TPSA) is 167 Å². The number of methoxy groups -OCH3 is 4. The van der Waals surface area contributed by atoms with Gasteiger partial charge in [0, 0.05) is 17.6 Å². The molecule has 1 aliphatic rings. The van der Waals surface area contributed by atoms with Crippen molar-refractivity contribution in [3.63, 3.8) is 0 Å². The second-order valence-electron chi connectivity index (χ2n) is 12.4. The molecule has 4 atom stereocenters. The Morgan fingerprint density at radius 2 is 1.60 bits per heavy atom. The number of hydrogen-bond acceptors (Lipinski definition) is 9. The zero-order chi connectivity index (χ0) is 35.0. The van der Waals surface area contributed by atoms with Crippen LogP contribution < -0.4 is 41.0 Å². The summed E-state index contributed by atoms with van der Waals surface area (Å²) >= 11 is 0. The molecule has 2 amide bonds. The summed E-state index contributed by atoms with van der Waals surface area (Å²) < 4.78 is 22.6. The number of nitrogen functional groups attached to an aromatic ring is 1. The van der Waals surface area contributed by atoms with Gasteiger partial charge in [0.05, 0.1) is 34.1 Å². The number of nitrogens with two attached hydrogens (primary N) is 2. The lowest BCUT2D eigenvalue weighted by Gasteiger charge is -2.25. The minimum atomic E-state index is -1.50. The van der Waals surface area contributed by atoms with E-state index >= 15 is 0 Å². The van der Waals surface area contributed by atoms with Crippen molar-refractivity contribution in [2.75, 3.05) is 34.2 Å². The summed E-state index contributed by atoms with van der Waals surface area (Å²) in [4.78, 5) is 27.1. The maximum absolute atomic E-state index is 13.9. The quantitative estimate of drug-likeness (QED) is 0.162. The third kappa shape index (κ3) is 8.39. The van der Waals surface area contributed by atoms with Gasteiger partial charge in [-0.25, -0.2) is 0 Å². The lowest BCUT2D eigenvalue weighted by atomic mass is 9.92. The van der Waals surface area contributed by atoms with Gasteiger partial charge in [-0.3, -0.25) is 9.59 Å². The number of aliphatic hydroxyl groups excluding tert-OH is 1. The molecule has 0 fully saturated rings. The molecule has 11 nitrogen and oxygen atoms in total. The first-order valence-corrected chi connectivity index (χ1v) is 16.1. The Labute approximate surface area is 282 Å². The van der Waals surface area contributed by atoms with Gasteiger partial charge >= 0.3 is 0 Å². The largest absolute Gasteiger partial charge is 0.495 e. The fourth-order valence-electron chi connectivity index (χ4n) is 6.08. The third-order valence-corrected chi connectivity index (χ3v) is 8.49. The number of nitrogens with one attached hydrogen (secondary N) is 2. The van der Waals surface area contributed by atoms with Gasteiger partial charge in [0.15, 0.2) is 11.5 Å². The van der Waals surface area contributed by atoms with E-state index in [-0.39, 0.29) is 11.8 Å². The molecule has 0 radical (unpaired) electrons. The van der Waals surface area contributed by atoms with Crippen molar-refractivity contribution in [2.24, 2.45) is 11.7 Å². The fraction of sp³-hybridized carbons (Fsp3) is 0.405. The molecule has 0 aromatic heterocycles. The SMILES string of the molecule is COc1ccc(C2=CC(NC(=O)C(CC(C)C)NC(=O)C(O)C(N)Cc3ccccc3)CCc3c2cc(OC)c(OC)c3OC)cc1N. The lowest BCUT2D eigenvalue weighted by molar-refractivity contribution is -0.135. The highest BCUT2D eigenvalue weighted by Crippen LogP contribution is 2.47. The van der Waals surface area contributed by atoms with E-state index in [1.165, 1.54) is 0 Å². The van der Waals surface area contributed by atoms with Crippen LogP contribution >= 0.6 is 0 Å². The second-order valence-corrected chi connectivity index (χ2v) is 12.4. The van der Waals surface area contributed by atoms with E-state index in [0.717, 1.165) is 27.8 Å². The summed E-state index contributed by atoms with van der Waals surface area (Å²) in [5, 5.41) is 16.7. The summed E-state index contributed by atoms with van der Waals surface area (Å²) in [5.41, 5.74) is 17.2. The normalized spacial score (nSPS) is 16.0. The summed E-state index contributed by atoms with van der Waals surface area (Å²) in [6.45, 7) is 3.93. The third-order valence-electron chi connectivity index (χ3n) is 8.49. The summed E-state index contributed by atoms with van der Waals surface area (Å²) in [5.74, 6) is 1.06. The van der Waals surface area contributed by atoms with E-state index in [1.807, 2.05) is 68.5 Å². The Kier molecular flexibility index (Phi) is 12.3. The Balaban J connectivity index is 1.65. The Bertz CT molecular complexity index is 1610. The predicted octanol–water partition coefficient (Wildman–Crippen LogP) is 3.63. The molecule has 0 bridgehead atoms. The van der Waals surface area contributed by atoms with E-state index in [0.29, 0.717) is 54.4 Å². The zero-order valence-corrected chi connectivity index (χ0v) is 28.5. The van der Waals surface area contributed by atoms with Crippen molar-refractivity contribution in [3.05, 3.63) is 82.9 Å². The van der Waals surface area contributed by atoms with Crippen LogP contribution in [0, 0.1) is 5.92 Å². The van der Waals surface area contributed by atoms with Gasteiger partial charge in [-0.2, -0.15) is 0 Å². The molecule has 7 N–H and O–H groups in total. The number of ether oxygens (including phenoxy) is 4. The van der Waals surface area contributed by atoms with Crippen LogP contribution in [0.1, 0.15) is 48.9 Å². The van der Waals surface area contributed by atoms with Crippen LogP contribution in [0.25, 0.3) is 5.57 Å². The highest BCUT2D eigenvalue weighted by molar-refractivity contribution is 5.91. The molecular weight excluding hydrogens is 612 g/mol.